The number of benzene rings is 2. The molecule has 0 saturated carbocycles. The van der Waals surface area contributed by atoms with Crippen LogP contribution < -0.4 is 4.90 Å². The molecule has 0 unspecified atom stereocenters. The van der Waals surface area contributed by atoms with Gasteiger partial charge in [-0.15, -0.1) is 5.11 Å². The topological polar surface area (TPSA) is 94.9 Å². The molecule has 0 bridgehead atoms. The fraction of sp³-hybridized carbons (Fsp3) is 0.316. The summed E-state index contributed by atoms with van der Waals surface area (Å²) in [5.74, 6) is 0. The van der Waals surface area contributed by atoms with E-state index in [1.807, 2.05) is 51.0 Å². The molecule has 0 N–H and O–H groups in total. The van der Waals surface area contributed by atoms with Crippen LogP contribution in [0.4, 0.5) is 22.7 Å². The van der Waals surface area contributed by atoms with Crippen molar-refractivity contribution in [2.24, 2.45) is 10.2 Å². The minimum absolute atomic E-state index is 0.109. The molecule has 0 aliphatic heterocycles. The maximum atomic E-state index is 11.0. The molecule has 0 aromatic heterocycles. The third kappa shape index (κ3) is 4.03. The Kier molecular flexibility index (Phi) is 6.02. The van der Waals surface area contributed by atoms with E-state index in [4.69, 9.17) is 0 Å². The van der Waals surface area contributed by atoms with E-state index in [0.29, 0.717) is 17.7 Å². The smallest absolute Gasteiger partial charge is 0.271 e. The van der Waals surface area contributed by atoms with Gasteiger partial charge in [0.15, 0.2) is 0 Å². The number of nitriles is 1. The predicted molar refractivity (Wildman–Crippen MR) is 102 cm³/mol. The van der Waals surface area contributed by atoms with Crippen LogP contribution in [-0.2, 0) is 12.8 Å². The highest BCUT2D eigenvalue weighted by Gasteiger charge is 2.16. The molecule has 0 radical (unpaired) electrons. The first-order valence-corrected chi connectivity index (χ1v) is 8.34. The molecule has 2 aromatic carbocycles. The Balaban J connectivity index is 2.51. The second-order valence-electron chi connectivity index (χ2n) is 5.98. The summed E-state index contributed by atoms with van der Waals surface area (Å²) in [5, 5.41) is 29.0. The maximum absolute atomic E-state index is 11.0. The molecule has 0 heterocycles. The molecule has 134 valence electrons. The minimum atomic E-state index is -0.504. The van der Waals surface area contributed by atoms with Crippen LogP contribution in [0.1, 0.15) is 30.5 Å². The van der Waals surface area contributed by atoms with E-state index in [-0.39, 0.29) is 11.3 Å². The molecule has 0 aliphatic rings. The monoisotopic (exact) mass is 351 g/mol. The van der Waals surface area contributed by atoms with E-state index in [0.717, 1.165) is 23.4 Å². The van der Waals surface area contributed by atoms with E-state index in [1.165, 1.54) is 12.1 Å². The van der Waals surface area contributed by atoms with Crippen molar-refractivity contribution in [1.29, 1.82) is 5.26 Å². The molecule has 2 aromatic rings. The number of nitrogens with zero attached hydrogens (tertiary/aromatic N) is 5. The van der Waals surface area contributed by atoms with Crippen LogP contribution in [0.15, 0.2) is 40.6 Å². The number of nitro groups is 1. The van der Waals surface area contributed by atoms with E-state index >= 15 is 0 Å². The fourth-order valence-corrected chi connectivity index (χ4v) is 2.59. The van der Waals surface area contributed by atoms with Crippen molar-refractivity contribution >= 4 is 22.7 Å². The zero-order chi connectivity index (χ0) is 19.3. The van der Waals surface area contributed by atoms with Gasteiger partial charge in [0.25, 0.3) is 5.69 Å². The second kappa shape index (κ2) is 8.21. The van der Waals surface area contributed by atoms with Gasteiger partial charge in [-0.2, -0.15) is 10.4 Å². The predicted octanol–water partition coefficient (Wildman–Crippen LogP) is 5.07. The molecule has 7 nitrogen and oxygen atoms in total. The Hall–Kier alpha value is -3.27. The summed E-state index contributed by atoms with van der Waals surface area (Å²) in [5.41, 5.74) is 3.90. The van der Waals surface area contributed by atoms with Crippen LogP contribution in [0, 0.1) is 21.4 Å². The lowest BCUT2D eigenvalue weighted by Crippen LogP contribution is -2.08. The summed E-state index contributed by atoms with van der Waals surface area (Å²) in [6.07, 6.45) is 1.31. The van der Waals surface area contributed by atoms with Crippen molar-refractivity contribution < 1.29 is 4.92 Å². The summed E-state index contributed by atoms with van der Waals surface area (Å²) in [6, 6.07) is 10.6. The Morgan fingerprint density at radius 1 is 1.12 bits per heavy atom. The van der Waals surface area contributed by atoms with Gasteiger partial charge in [0.05, 0.1) is 16.2 Å². The van der Waals surface area contributed by atoms with Crippen LogP contribution in [0.25, 0.3) is 0 Å². The SMILES string of the molecule is CCc1cc(N(C)C)ccc1N=Nc1c(C#N)cc([N+](=O)[O-])cc1CC. The Labute approximate surface area is 152 Å². The van der Waals surface area contributed by atoms with Crippen molar-refractivity contribution in [3.63, 3.8) is 0 Å². The molecular weight excluding hydrogens is 330 g/mol. The summed E-state index contributed by atoms with van der Waals surface area (Å²) in [4.78, 5) is 12.5. The largest absolute Gasteiger partial charge is 0.378 e. The van der Waals surface area contributed by atoms with Crippen LogP contribution in [0.3, 0.4) is 0 Å². The van der Waals surface area contributed by atoms with Crippen molar-refractivity contribution in [3.05, 3.63) is 57.1 Å². The van der Waals surface area contributed by atoms with Gasteiger partial charge in [-0.25, -0.2) is 0 Å². The highest BCUT2D eigenvalue weighted by atomic mass is 16.6. The zero-order valence-corrected chi connectivity index (χ0v) is 15.4. The summed E-state index contributed by atoms with van der Waals surface area (Å²) >= 11 is 0. The van der Waals surface area contributed by atoms with E-state index in [9.17, 15) is 15.4 Å². The van der Waals surface area contributed by atoms with Crippen LogP contribution >= 0.6 is 0 Å². The summed E-state index contributed by atoms with van der Waals surface area (Å²) in [6.45, 7) is 3.90. The average molecular weight is 351 g/mol. The molecule has 7 heteroatoms. The number of aryl methyl sites for hydroxylation is 2. The quantitative estimate of drug-likeness (QED) is 0.412. The fourth-order valence-electron chi connectivity index (χ4n) is 2.59. The van der Waals surface area contributed by atoms with Crippen molar-refractivity contribution in [2.75, 3.05) is 19.0 Å². The number of rotatable bonds is 6. The highest BCUT2D eigenvalue weighted by molar-refractivity contribution is 5.64. The van der Waals surface area contributed by atoms with Crippen molar-refractivity contribution in [2.45, 2.75) is 26.7 Å². The molecule has 0 saturated heterocycles. The normalized spacial score (nSPS) is 10.7. The lowest BCUT2D eigenvalue weighted by molar-refractivity contribution is -0.384. The number of azo groups is 1. The molecular formula is C19H21N5O2. The lowest BCUT2D eigenvalue weighted by Gasteiger charge is -2.14. The van der Waals surface area contributed by atoms with Gasteiger partial charge < -0.3 is 4.90 Å². The van der Waals surface area contributed by atoms with Gasteiger partial charge in [-0.1, -0.05) is 13.8 Å². The van der Waals surface area contributed by atoms with Gasteiger partial charge in [-0.3, -0.25) is 10.1 Å². The van der Waals surface area contributed by atoms with Crippen molar-refractivity contribution in [1.82, 2.24) is 0 Å². The van der Waals surface area contributed by atoms with Crippen molar-refractivity contribution in [3.8, 4) is 6.07 Å². The Bertz CT molecular complexity index is 898. The maximum Gasteiger partial charge on any atom is 0.271 e. The molecule has 26 heavy (non-hydrogen) atoms. The molecule has 0 aliphatic carbocycles. The molecule has 0 atom stereocenters. The van der Waals surface area contributed by atoms with E-state index in [2.05, 4.69) is 16.3 Å². The van der Waals surface area contributed by atoms with Gasteiger partial charge in [-0.05, 0) is 42.2 Å². The van der Waals surface area contributed by atoms with Crippen LogP contribution in [0.2, 0.25) is 0 Å². The van der Waals surface area contributed by atoms with Crippen LogP contribution in [-0.4, -0.2) is 19.0 Å². The first-order valence-electron chi connectivity index (χ1n) is 8.34. The van der Waals surface area contributed by atoms with Gasteiger partial charge in [0, 0.05) is 31.9 Å². The number of hydrogen-bond acceptors (Lipinski definition) is 6. The standard InChI is InChI=1S/C19H21N5O2/c1-5-13-9-16(23(3)4)7-8-18(13)21-22-19-14(6-2)10-17(24(25)26)11-15(19)12-20/h7-11H,5-6H2,1-4H3. The van der Waals surface area contributed by atoms with Gasteiger partial charge in [0.1, 0.15) is 11.8 Å². The third-order valence-corrected chi connectivity index (χ3v) is 4.10. The minimum Gasteiger partial charge on any atom is -0.378 e. The number of anilines is 1. The average Bonchev–Trinajstić information content (AvgIpc) is 2.65. The number of nitro benzene ring substituents is 1. The Morgan fingerprint density at radius 3 is 2.35 bits per heavy atom. The Morgan fingerprint density at radius 2 is 1.81 bits per heavy atom. The molecule has 0 fully saturated rings. The summed E-state index contributed by atoms with van der Waals surface area (Å²) < 4.78 is 0. The third-order valence-electron chi connectivity index (χ3n) is 4.10. The summed E-state index contributed by atoms with van der Waals surface area (Å²) in [7, 11) is 3.94. The first-order chi connectivity index (χ1) is 12.4. The number of non-ortho nitro benzene ring substituents is 1. The van der Waals surface area contributed by atoms with Gasteiger partial charge >= 0.3 is 0 Å². The highest BCUT2D eigenvalue weighted by Crippen LogP contribution is 2.33. The van der Waals surface area contributed by atoms with E-state index < -0.39 is 4.92 Å². The van der Waals surface area contributed by atoms with Crippen LogP contribution in [0.5, 0.6) is 0 Å². The molecule has 0 spiro atoms. The molecule has 0 amide bonds. The molecule has 2 rings (SSSR count). The van der Waals surface area contributed by atoms with Gasteiger partial charge in [0.2, 0.25) is 0 Å². The lowest BCUT2D eigenvalue weighted by atomic mass is 10.0. The second-order valence-corrected chi connectivity index (χ2v) is 5.98. The zero-order valence-electron chi connectivity index (χ0n) is 15.4. The first kappa shape index (κ1) is 19.1. The van der Waals surface area contributed by atoms with E-state index in [1.54, 1.807) is 0 Å². The number of hydrogen-bond donors (Lipinski definition) is 0.